The van der Waals surface area contributed by atoms with Crippen LogP contribution in [0.5, 0.6) is 0 Å². The van der Waals surface area contributed by atoms with Gasteiger partial charge in [-0.25, -0.2) is 0 Å². The largest absolute Gasteiger partial charge is 0.416 e. The Bertz CT molecular complexity index is 1180. The van der Waals surface area contributed by atoms with Crippen LogP contribution in [0, 0.1) is 6.92 Å². The van der Waals surface area contributed by atoms with Gasteiger partial charge in [-0.3, -0.25) is 24.2 Å². The number of rotatable bonds is 8. The number of aryl methyl sites for hydroxylation is 1. The van der Waals surface area contributed by atoms with Crippen molar-refractivity contribution in [1.29, 1.82) is 0 Å². The van der Waals surface area contributed by atoms with Gasteiger partial charge in [-0.15, -0.1) is 0 Å². The third-order valence-corrected chi connectivity index (χ3v) is 7.16. The van der Waals surface area contributed by atoms with Crippen molar-refractivity contribution in [2.24, 2.45) is 0 Å². The molecular formula is C28H34F3N5O3. The molecule has 2 aliphatic rings. The Morgan fingerprint density at radius 3 is 2.31 bits per heavy atom. The standard InChI is InChI=1S/C28H34F3N5O3/c1-20-4-2-6-22(16-20)27(39)36-14-12-34(13-15-36)10-11-35-9-8-24(19-35)33-25(37)18-32-26(38)21-5-3-7-23(17-21)28(29,30)31/h2-7,16-17,24H,8-15,18-19H2,1H3,(H,32,38)(H,33,37)/t24-/m1/s1. The number of piperazine rings is 1. The SMILES string of the molecule is Cc1cccc(C(=O)N2CCN(CCN3CC[C@@H](NC(=O)CNC(=O)c4cccc(C(F)(F)F)c4)C3)CC2)c1. The van der Waals surface area contributed by atoms with Crippen LogP contribution < -0.4 is 10.6 Å². The minimum atomic E-state index is -4.54. The Hall–Kier alpha value is -3.44. The average molecular weight is 546 g/mol. The second kappa shape index (κ2) is 12.6. The molecule has 2 heterocycles. The number of amides is 3. The maximum absolute atomic E-state index is 12.9. The van der Waals surface area contributed by atoms with Crippen molar-refractivity contribution in [3.8, 4) is 0 Å². The lowest BCUT2D eigenvalue weighted by Gasteiger charge is -2.35. The summed E-state index contributed by atoms with van der Waals surface area (Å²) in [6.45, 7) is 7.95. The molecule has 2 fully saturated rings. The minimum absolute atomic E-state index is 0.0493. The lowest BCUT2D eigenvalue weighted by Crippen LogP contribution is -2.50. The first-order valence-electron chi connectivity index (χ1n) is 13.1. The topological polar surface area (TPSA) is 85.0 Å². The Kier molecular flexibility index (Phi) is 9.24. The number of benzene rings is 2. The third kappa shape index (κ3) is 8.03. The van der Waals surface area contributed by atoms with Gasteiger partial charge in [0.15, 0.2) is 0 Å². The zero-order valence-electron chi connectivity index (χ0n) is 22.0. The van der Waals surface area contributed by atoms with Gasteiger partial charge in [-0.05, 0) is 43.7 Å². The summed E-state index contributed by atoms with van der Waals surface area (Å²) in [5.41, 5.74) is 0.733. The van der Waals surface area contributed by atoms with Gasteiger partial charge in [-0.1, -0.05) is 23.8 Å². The Labute approximate surface area is 226 Å². The fourth-order valence-corrected chi connectivity index (χ4v) is 4.95. The molecule has 0 saturated carbocycles. The molecule has 2 saturated heterocycles. The summed E-state index contributed by atoms with van der Waals surface area (Å²) in [5.74, 6) is -1.04. The lowest BCUT2D eigenvalue weighted by atomic mass is 10.1. The summed E-state index contributed by atoms with van der Waals surface area (Å²) in [6, 6.07) is 11.7. The van der Waals surface area contributed by atoms with Crippen molar-refractivity contribution < 1.29 is 27.6 Å². The molecule has 4 rings (SSSR count). The fraction of sp³-hybridized carbons (Fsp3) is 0.464. The van der Waals surface area contributed by atoms with E-state index in [1.54, 1.807) is 0 Å². The zero-order valence-corrected chi connectivity index (χ0v) is 22.0. The quantitative estimate of drug-likeness (QED) is 0.532. The van der Waals surface area contributed by atoms with Crippen LogP contribution in [-0.4, -0.2) is 97.4 Å². The van der Waals surface area contributed by atoms with E-state index in [0.717, 1.165) is 68.5 Å². The van der Waals surface area contributed by atoms with Gasteiger partial charge in [0, 0.05) is 69.5 Å². The fourth-order valence-electron chi connectivity index (χ4n) is 4.95. The van der Waals surface area contributed by atoms with Gasteiger partial charge >= 0.3 is 6.18 Å². The summed E-state index contributed by atoms with van der Waals surface area (Å²) in [5, 5.41) is 5.28. The maximum Gasteiger partial charge on any atom is 0.416 e. The molecule has 0 aliphatic carbocycles. The van der Waals surface area contributed by atoms with Gasteiger partial charge < -0.3 is 15.5 Å². The first kappa shape index (κ1) is 28.6. The average Bonchev–Trinajstić information content (AvgIpc) is 3.37. The van der Waals surface area contributed by atoms with Gasteiger partial charge in [0.05, 0.1) is 12.1 Å². The van der Waals surface area contributed by atoms with Crippen LogP contribution in [0.1, 0.15) is 38.3 Å². The summed E-state index contributed by atoms with van der Waals surface area (Å²) < 4.78 is 38.6. The number of carbonyl (C=O) groups excluding carboxylic acids is 3. The molecule has 0 bridgehead atoms. The number of hydrogen-bond donors (Lipinski definition) is 2. The van der Waals surface area contributed by atoms with Gasteiger partial charge in [0.2, 0.25) is 5.91 Å². The van der Waals surface area contributed by atoms with E-state index in [-0.39, 0.29) is 30.0 Å². The molecule has 2 aromatic rings. The summed E-state index contributed by atoms with van der Waals surface area (Å²) in [7, 11) is 0. The predicted molar refractivity (Wildman–Crippen MR) is 140 cm³/mol. The molecule has 11 heteroatoms. The molecule has 0 unspecified atom stereocenters. The molecule has 8 nitrogen and oxygen atoms in total. The van der Waals surface area contributed by atoms with Crippen LogP contribution in [0.2, 0.25) is 0 Å². The number of alkyl halides is 3. The molecule has 0 aromatic heterocycles. The molecule has 39 heavy (non-hydrogen) atoms. The molecule has 1 atom stereocenters. The number of carbonyl (C=O) groups is 3. The highest BCUT2D eigenvalue weighted by Crippen LogP contribution is 2.29. The number of halogens is 3. The second-order valence-electron chi connectivity index (χ2n) is 10.1. The van der Waals surface area contributed by atoms with E-state index in [9.17, 15) is 27.6 Å². The van der Waals surface area contributed by atoms with Crippen molar-refractivity contribution in [3.63, 3.8) is 0 Å². The highest BCUT2D eigenvalue weighted by Gasteiger charge is 2.31. The number of nitrogens with one attached hydrogen (secondary N) is 2. The smallest absolute Gasteiger partial charge is 0.350 e. The molecule has 0 spiro atoms. The van der Waals surface area contributed by atoms with Crippen molar-refractivity contribution in [2.45, 2.75) is 25.6 Å². The van der Waals surface area contributed by atoms with E-state index in [2.05, 4.69) is 20.4 Å². The summed E-state index contributed by atoms with van der Waals surface area (Å²) >= 11 is 0. The summed E-state index contributed by atoms with van der Waals surface area (Å²) in [6.07, 6.45) is -3.76. The van der Waals surface area contributed by atoms with Crippen LogP contribution in [-0.2, 0) is 11.0 Å². The van der Waals surface area contributed by atoms with E-state index >= 15 is 0 Å². The Morgan fingerprint density at radius 1 is 0.897 bits per heavy atom. The monoisotopic (exact) mass is 545 g/mol. The molecule has 2 N–H and O–H groups in total. The van der Waals surface area contributed by atoms with E-state index in [0.29, 0.717) is 19.6 Å². The zero-order chi connectivity index (χ0) is 28.0. The number of hydrogen-bond acceptors (Lipinski definition) is 5. The highest BCUT2D eigenvalue weighted by atomic mass is 19.4. The predicted octanol–water partition coefficient (Wildman–Crippen LogP) is 2.39. The first-order valence-corrected chi connectivity index (χ1v) is 13.1. The van der Waals surface area contributed by atoms with E-state index in [4.69, 9.17) is 0 Å². The minimum Gasteiger partial charge on any atom is -0.350 e. The second-order valence-corrected chi connectivity index (χ2v) is 10.1. The maximum atomic E-state index is 12.9. The van der Waals surface area contributed by atoms with Crippen LogP contribution in [0.3, 0.4) is 0 Å². The van der Waals surface area contributed by atoms with Crippen molar-refractivity contribution >= 4 is 17.7 Å². The number of nitrogens with zero attached hydrogens (tertiary/aromatic N) is 3. The lowest BCUT2D eigenvalue weighted by molar-refractivity contribution is -0.137. The molecular weight excluding hydrogens is 511 g/mol. The molecule has 210 valence electrons. The molecule has 0 radical (unpaired) electrons. The summed E-state index contributed by atoms with van der Waals surface area (Å²) in [4.78, 5) is 43.8. The number of likely N-dealkylation sites (tertiary alicyclic amines) is 1. The Morgan fingerprint density at radius 2 is 1.59 bits per heavy atom. The van der Waals surface area contributed by atoms with Crippen LogP contribution in [0.15, 0.2) is 48.5 Å². The Balaban J connectivity index is 1.13. The molecule has 3 amide bonds. The van der Waals surface area contributed by atoms with Crippen LogP contribution >= 0.6 is 0 Å². The van der Waals surface area contributed by atoms with Crippen LogP contribution in [0.4, 0.5) is 13.2 Å². The van der Waals surface area contributed by atoms with Gasteiger partial charge in [-0.2, -0.15) is 13.2 Å². The highest BCUT2D eigenvalue weighted by molar-refractivity contribution is 5.96. The van der Waals surface area contributed by atoms with Crippen molar-refractivity contribution in [3.05, 3.63) is 70.8 Å². The van der Waals surface area contributed by atoms with E-state index < -0.39 is 17.6 Å². The molecule has 2 aliphatic heterocycles. The van der Waals surface area contributed by atoms with Crippen molar-refractivity contribution in [2.75, 3.05) is 58.9 Å². The third-order valence-electron chi connectivity index (χ3n) is 7.16. The van der Waals surface area contributed by atoms with Gasteiger partial charge in [0.25, 0.3) is 11.8 Å². The van der Waals surface area contributed by atoms with Crippen LogP contribution in [0.25, 0.3) is 0 Å². The van der Waals surface area contributed by atoms with Gasteiger partial charge in [0.1, 0.15) is 0 Å². The first-order chi connectivity index (χ1) is 18.6. The molecule has 2 aromatic carbocycles. The van der Waals surface area contributed by atoms with Crippen molar-refractivity contribution in [1.82, 2.24) is 25.3 Å². The normalized spacial score (nSPS) is 18.7. The van der Waals surface area contributed by atoms with E-state index in [1.165, 1.54) is 6.07 Å². The van der Waals surface area contributed by atoms with E-state index in [1.807, 2.05) is 36.1 Å².